The molecule has 0 saturated carbocycles. The Hall–Kier alpha value is -2.48. The van der Waals surface area contributed by atoms with Gasteiger partial charge in [-0.25, -0.2) is 4.68 Å². The molecule has 2 aliphatic heterocycles. The minimum atomic E-state index is -0.0333. The van der Waals surface area contributed by atoms with Crippen LogP contribution in [0.5, 0.6) is 0 Å². The van der Waals surface area contributed by atoms with Crippen molar-refractivity contribution in [3.8, 4) is 0 Å². The van der Waals surface area contributed by atoms with E-state index in [4.69, 9.17) is 0 Å². The van der Waals surface area contributed by atoms with Crippen molar-refractivity contribution in [2.24, 2.45) is 0 Å². The molecule has 1 aromatic heterocycles. The van der Waals surface area contributed by atoms with Crippen LogP contribution < -0.4 is 10.2 Å². The van der Waals surface area contributed by atoms with E-state index in [1.807, 2.05) is 0 Å². The molecule has 2 aliphatic rings. The molecule has 1 N–H and O–H groups in total. The second-order valence-corrected chi connectivity index (χ2v) is 7.66. The van der Waals surface area contributed by atoms with Gasteiger partial charge in [-0.15, -0.1) is 5.10 Å². The minimum Gasteiger partial charge on any atom is -0.371 e. The summed E-state index contributed by atoms with van der Waals surface area (Å²) in [6.07, 6.45) is 5.74. The number of hydrogen-bond donors (Lipinski definition) is 1. The predicted molar refractivity (Wildman–Crippen MR) is 107 cm³/mol. The van der Waals surface area contributed by atoms with Gasteiger partial charge in [0.2, 0.25) is 5.91 Å². The van der Waals surface area contributed by atoms with Gasteiger partial charge in [0.05, 0.1) is 6.54 Å². The van der Waals surface area contributed by atoms with Crippen LogP contribution in [0.2, 0.25) is 0 Å². The number of aromatic nitrogens is 4. The Morgan fingerprint density at radius 1 is 1.11 bits per heavy atom. The Balaban J connectivity index is 1.20. The molecular formula is C20H29N7O. The van der Waals surface area contributed by atoms with Crippen molar-refractivity contribution in [3.05, 3.63) is 35.7 Å². The Morgan fingerprint density at radius 3 is 2.86 bits per heavy atom. The number of likely N-dealkylation sites (tertiary alicyclic amines) is 1. The molecule has 0 unspecified atom stereocenters. The lowest BCUT2D eigenvalue weighted by Gasteiger charge is -2.31. The third kappa shape index (κ3) is 4.67. The first-order valence-corrected chi connectivity index (χ1v) is 10.4. The number of fused-ring (bicyclic) bond motifs is 1. The maximum absolute atomic E-state index is 12.3. The second kappa shape index (κ2) is 9.14. The van der Waals surface area contributed by atoms with Gasteiger partial charge in [0, 0.05) is 25.3 Å². The molecule has 8 nitrogen and oxygen atoms in total. The molecule has 0 radical (unpaired) electrons. The number of rotatable bonds is 8. The normalized spacial score (nSPS) is 16.9. The first kappa shape index (κ1) is 18.9. The Labute approximate surface area is 165 Å². The lowest BCUT2D eigenvalue weighted by molar-refractivity contribution is -0.121. The van der Waals surface area contributed by atoms with Gasteiger partial charge in [0.15, 0.2) is 5.82 Å². The molecule has 150 valence electrons. The standard InChI is InChI=1S/C20H29N7O/c28-20(16-27-19(22-23-24-27)15-25-11-3-4-12-25)21-10-6-14-26-13-5-8-17-7-1-2-9-18(17)26/h1-2,7,9H,3-6,8,10-16H2,(H,21,28). The van der Waals surface area contributed by atoms with Crippen LogP contribution in [0.1, 0.15) is 37.1 Å². The van der Waals surface area contributed by atoms with Crippen molar-refractivity contribution in [1.29, 1.82) is 0 Å². The van der Waals surface area contributed by atoms with E-state index in [0.29, 0.717) is 13.1 Å². The number of carbonyl (C=O) groups excluding carboxylic acids is 1. The van der Waals surface area contributed by atoms with Gasteiger partial charge in [-0.3, -0.25) is 9.69 Å². The number of hydrogen-bond acceptors (Lipinski definition) is 6. The van der Waals surface area contributed by atoms with Gasteiger partial charge in [0.1, 0.15) is 6.54 Å². The zero-order valence-electron chi connectivity index (χ0n) is 16.4. The Kier molecular flexibility index (Phi) is 6.16. The molecule has 1 aromatic carbocycles. The van der Waals surface area contributed by atoms with Crippen LogP contribution in [0, 0.1) is 0 Å². The summed E-state index contributed by atoms with van der Waals surface area (Å²) in [4.78, 5) is 17.1. The SMILES string of the molecule is O=C(Cn1nnnc1CN1CCCC1)NCCCN1CCCc2ccccc21. The smallest absolute Gasteiger partial charge is 0.241 e. The number of tetrazole rings is 1. The number of benzene rings is 1. The number of carbonyl (C=O) groups is 1. The van der Waals surface area contributed by atoms with Gasteiger partial charge < -0.3 is 10.2 Å². The van der Waals surface area contributed by atoms with E-state index in [1.54, 1.807) is 4.68 Å². The summed E-state index contributed by atoms with van der Waals surface area (Å²) in [7, 11) is 0. The third-order valence-corrected chi connectivity index (χ3v) is 5.60. The molecule has 0 aliphatic carbocycles. The van der Waals surface area contributed by atoms with E-state index < -0.39 is 0 Å². The monoisotopic (exact) mass is 383 g/mol. The van der Waals surface area contributed by atoms with E-state index in [1.165, 1.54) is 30.5 Å². The Bertz CT molecular complexity index is 784. The number of para-hydroxylation sites is 1. The first-order valence-electron chi connectivity index (χ1n) is 10.4. The maximum Gasteiger partial charge on any atom is 0.241 e. The van der Waals surface area contributed by atoms with Crippen molar-refractivity contribution in [3.63, 3.8) is 0 Å². The van der Waals surface area contributed by atoms with Gasteiger partial charge in [-0.1, -0.05) is 18.2 Å². The zero-order chi connectivity index (χ0) is 19.2. The highest BCUT2D eigenvalue weighted by molar-refractivity contribution is 5.75. The predicted octanol–water partition coefficient (Wildman–Crippen LogP) is 1.23. The molecule has 1 saturated heterocycles. The fraction of sp³-hybridized carbons (Fsp3) is 0.600. The molecular weight excluding hydrogens is 354 g/mol. The molecule has 1 amide bonds. The van der Waals surface area contributed by atoms with Gasteiger partial charge in [0.25, 0.3) is 0 Å². The number of anilines is 1. The highest BCUT2D eigenvalue weighted by atomic mass is 16.2. The largest absolute Gasteiger partial charge is 0.371 e. The van der Waals surface area contributed by atoms with Crippen molar-refractivity contribution in [2.45, 2.75) is 45.2 Å². The summed E-state index contributed by atoms with van der Waals surface area (Å²) in [5, 5.41) is 14.8. The second-order valence-electron chi connectivity index (χ2n) is 7.66. The molecule has 3 heterocycles. The average molecular weight is 384 g/mol. The molecule has 0 atom stereocenters. The topological polar surface area (TPSA) is 79.2 Å². The first-order chi connectivity index (χ1) is 13.8. The molecule has 4 rings (SSSR count). The van der Waals surface area contributed by atoms with Gasteiger partial charge in [-0.05, 0) is 67.3 Å². The zero-order valence-corrected chi connectivity index (χ0v) is 16.4. The van der Waals surface area contributed by atoms with Crippen LogP contribution >= 0.6 is 0 Å². The fourth-order valence-corrected chi connectivity index (χ4v) is 4.13. The van der Waals surface area contributed by atoms with Crippen LogP contribution in [0.15, 0.2) is 24.3 Å². The lowest BCUT2D eigenvalue weighted by atomic mass is 10.0. The minimum absolute atomic E-state index is 0.0333. The number of nitrogens with zero attached hydrogens (tertiary/aromatic N) is 6. The molecule has 28 heavy (non-hydrogen) atoms. The summed E-state index contributed by atoms with van der Waals surface area (Å²) in [6.45, 7) is 5.79. The lowest BCUT2D eigenvalue weighted by Crippen LogP contribution is -2.34. The average Bonchev–Trinajstić information content (AvgIpc) is 3.38. The summed E-state index contributed by atoms with van der Waals surface area (Å²) in [5.41, 5.74) is 2.78. The van der Waals surface area contributed by atoms with E-state index in [2.05, 4.69) is 54.9 Å². The summed E-state index contributed by atoms with van der Waals surface area (Å²) in [5.74, 6) is 0.732. The van der Waals surface area contributed by atoms with E-state index in [9.17, 15) is 4.79 Å². The van der Waals surface area contributed by atoms with Crippen LogP contribution in [-0.2, 0) is 24.3 Å². The van der Waals surface area contributed by atoms with E-state index in [-0.39, 0.29) is 12.5 Å². The molecule has 8 heteroatoms. The van der Waals surface area contributed by atoms with E-state index >= 15 is 0 Å². The summed E-state index contributed by atoms with van der Waals surface area (Å²) >= 11 is 0. The van der Waals surface area contributed by atoms with Crippen molar-refractivity contribution in [1.82, 2.24) is 30.4 Å². The molecule has 1 fully saturated rings. The molecule has 0 bridgehead atoms. The van der Waals surface area contributed by atoms with Crippen LogP contribution in [0.3, 0.4) is 0 Å². The highest BCUT2D eigenvalue weighted by Crippen LogP contribution is 2.26. The molecule has 0 spiro atoms. The van der Waals surface area contributed by atoms with Crippen molar-refractivity contribution >= 4 is 11.6 Å². The summed E-state index contributed by atoms with van der Waals surface area (Å²) in [6, 6.07) is 8.63. The van der Waals surface area contributed by atoms with Crippen LogP contribution in [-0.4, -0.2) is 63.7 Å². The summed E-state index contributed by atoms with van der Waals surface area (Å²) < 4.78 is 1.62. The number of aryl methyl sites for hydroxylation is 1. The highest BCUT2D eigenvalue weighted by Gasteiger charge is 2.18. The fourth-order valence-electron chi connectivity index (χ4n) is 4.13. The van der Waals surface area contributed by atoms with Crippen molar-refractivity contribution < 1.29 is 4.79 Å². The molecule has 2 aromatic rings. The van der Waals surface area contributed by atoms with Crippen LogP contribution in [0.4, 0.5) is 5.69 Å². The van der Waals surface area contributed by atoms with Gasteiger partial charge in [-0.2, -0.15) is 0 Å². The van der Waals surface area contributed by atoms with Crippen LogP contribution in [0.25, 0.3) is 0 Å². The third-order valence-electron chi connectivity index (χ3n) is 5.60. The maximum atomic E-state index is 12.3. The number of amides is 1. The number of nitrogens with one attached hydrogen (secondary N) is 1. The van der Waals surface area contributed by atoms with E-state index in [0.717, 1.165) is 44.8 Å². The van der Waals surface area contributed by atoms with Crippen molar-refractivity contribution in [2.75, 3.05) is 37.6 Å². The van der Waals surface area contributed by atoms with Gasteiger partial charge >= 0.3 is 0 Å². The quantitative estimate of drug-likeness (QED) is 0.691. The Morgan fingerprint density at radius 2 is 1.96 bits per heavy atom.